The molecular formula is C18H24N10O. The Morgan fingerprint density at radius 1 is 1.24 bits per heavy atom. The van der Waals surface area contributed by atoms with Gasteiger partial charge >= 0.3 is 0 Å². The van der Waals surface area contributed by atoms with Gasteiger partial charge in [-0.2, -0.15) is 9.97 Å². The maximum absolute atomic E-state index is 12.1. The fourth-order valence-corrected chi connectivity index (χ4v) is 3.79. The largest absolute Gasteiger partial charge is 0.382 e. The number of aliphatic imine (C=N–C) groups is 1. The lowest BCUT2D eigenvalue weighted by molar-refractivity contribution is 0.281. The minimum atomic E-state index is -0.310. The summed E-state index contributed by atoms with van der Waals surface area (Å²) in [6.45, 7) is 6.35. The molecule has 0 amide bonds. The van der Waals surface area contributed by atoms with E-state index in [2.05, 4.69) is 50.7 Å². The minimum absolute atomic E-state index is 0.0950. The van der Waals surface area contributed by atoms with Crippen LogP contribution in [0.5, 0.6) is 0 Å². The molecule has 3 aromatic rings. The Labute approximate surface area is 166 Å². The summed E-state index contributed by atoms with van der Waals surface area (Å²) in [5, 5.41) is 0. The van der Waals surface area contributed by atoms with Crippen LogP contribution in [-0.4, -0.2) is 35.7 Å². The summed E-state index contributed by atoms with van der Waals surface area (Å²) in [5.74, 6) is 0.402. The van der Waals surface area contributed by atoms with Crippen LogP contribution in [0.15, 0.2) is 16.1 Å². The van der Waals surface area contributed by atoms with Crippen molar-refractivity contribution in [2.24, 2.45) is 10.4 Å². The van der Waals surface area contributed by atoms with Crippen LogP contribution in [-0.2, 0) is 0 Å². The van der Waals surface area contributed by atoms with Gasteiger partial charge in [-0.05, 0) is 25.2 Å². The van der Waals surface area contributed by atoms with Crippen molar-refractivity contribution < 1.29 is 0 Å². The first-order chi connectivity index (χ1) is 13.7. The monoisotopic (exact) mass is 396 g/mol. The second kappa shape index (κ2) is 6.54. The molecule has 29 heavy (non-hydrogen) atoms. The summed E-state index contributed by atoms with van der Waals surface area (Å²) < 4.78 is 1.96. The third-order valence-corrected chi connectivity index (χ3v) is 5.58. The zero-order valence-electron chi connectivity index (χ0n) is 16.5. The van der Waals surface area contributed by atoms with Crippen LogP contribution in [0.1, 0.15) is 51.3 Å². The third-order valence-electron chi connectivity index (χ3n) is 5.58. The number of hydrogen-bond acceptors (Lipinski definition) is 9. The summed E-state index contributed by atoms with van der Waals surface area (Å²) >= 11 is 0. The number of rotatable bonds is 5. The number of nitrogens with zero attached hydrogens (tertiary/aromatic N) is 6. The molecule has 11 heteroatoms. The van der Waals surface area contributed by atoms with Crippen molar-refractivity contribution in [3.63, 3.8) is 0 Å². The highest BCUT2D eigenvalue weighted by Gasteiger charge is 2.36. The predicted molar refractivity (Wildman–Crippen MR) is 112 cm³/mol. The number of imidazole rings is 1. The van der Waals surface area contributed by atoms with Crippen LogP contribution in [0.4, 0.5) is 23.4 Å². The van der Waals surface area contributed by atoms with Crippen molar-refractivity contribution in [3.8, 4) is 0 Å². The zero-order chi connectivity index (χ0) is 20.9. The van der Waals surface area contributed by atoms with Gasteiger partial charge in [0.15, 0.2) is 11.5 Å². The quantitative estimate of drug-likeness (QED) is 0.501. The second-order valence-electron chi connectivity index (χ2n) is 8.11. The first-order valence-corrected chi connectivity index (χ1v) is 9.37. The van der Waals surface area contributed by atoms with E-state index in [1.54, 1.807) is 12.5 Å². The number of aromatic amines is 1. The molecule has 0 spiro atoms. The van der Waals surface area contributed by atoms with Crippen LogP contribution in [0.2, 0.25) is 0 Å². The molecular weight excluding hydrogens is 372 g/mol. The summed E-state index contributed by atoms with van der Waals surface area (Å²) in [4.78, 5) is 35.8. The van der Waals surface area contributed by atoms with E-state index >= 15 is 0 Å². The van der Waals surface area contributed by atoms with Gasteiger partial charge in [0.25, 0.3) is 5.56 Å². The van der Waals surface area contributed by atoms with Gasteiger partial charge in [0.05, 0.1) is 12.0 Å². The van der Waals surface area contributed by atoms with E-state index in [9.17, 15) is 4.79 Å². The standard InChI is InChI=1S/C18H24N10O/c1-8(28-7-23-12-13(19)25-17(21)26-14(12)28)4-5-18(2,3)9-6-22-11-10(9)24-16(20)27-15(11)29/h6-9H,4-5H2,1-3H3,(H4,19,21,25,26)(H3,20,24,27,29). The smallest absolute Gasteiger partial charge is 0.278 e. The van der Waals surface area contributed by atoms with Gasteiger partial charge in [0.1, 0.15) is 11.2 Å². The summed E-state index contributed by atoms with van der Waals surface area (Å²) in [6.07, 6.45) is 5.17. The Kier molecular flexibility index (Phi) is 4.25. The van der Waals surface area contributed by atoms with Gasteiger partial charge in [-0.1, -0.05) is 13.8 Å². The molecule has 3 aromatic heterocycles. The Balaban J connectivity index is 1.56. The summed E-state index contributed by atoms with van der Waals surface area (Å²) in [7, 11) is 0. The zero-order valence-corrected chi connectivity index (χ0v) is 16.5. The van der Waals surface area contributed by atoms with Crippen molar-refractivity contribution in [3.05, 3.63) is 22.4 Å². The van der Waals surface area contributed by atoms with E-state index in [0.29, 0.717) is 22.5 Å². The van der Waals surface area contributed by atoms with Gasteiger partial charge in [-0.25, -0.2) is 9.97 Å². The molecule has 0 aliphatic carbocycles. The number of nitrogens with one attached hydrogen (secondary N) is 1. The SMILES string of the molecule is CC(CCC(C)(C)C1C=Nc2c1nc(N)[nH]c2=O)n1cnc2c(N)nc(N)nc21. The van der Waals surface area contributed by atoms with E-state index in [-0.39, 0.29) is 40.6 Å². The lowest BCUT2D eigenvalue weighted by atomic mass is 9.74. The molecule has 0 saturated heterocycles. The molecule has 0 aromatic carbocycles. The van der Waals surface area contributed by atoms with Crippen molar-refractivity contribution >= 4 is 40.8 Å². The first kappa shape index (κ1) is 18.8. The van der Waals surface area contributed by atoms with Crippen LogP contribution in [0.25, 0.3) is 11.2 Å². The van der Waals surface area contributed by atoms with Gasteiger partial charge in [-0.3, -0.25) is 14.8 Å². The molecule has 11 nitrogen and oxygen atoms in total. The van der Waals surface area contributed by atoms with E-state index in [1.807, 2.05) is 4.57 Å². The Bertz CT molecular complexity index is 1180. The number of fused-ring (bicyclic) bond motifs is 2. The van der Waals surface area contributed by atoms with Crippen molar-refractivity contribution in [1.29, 1.82) is 0 Å². The van der Waals surface area contributed by atoms with E-state index in [4.69, 9.17) is 17.2 Å². The number of hydrogen-bond donors (Lipinski definition) is 4. The van der Waals surface area contributed by atoms with E-state index in [1.165, 1.54) is 0 Å². The molecule has 4 rings (SSSR count). The molecule has 4 heterocycles. The highest BCUT2D eigenvalue weighted by molar-refractivity contribution is 5.82. The van der Waals surface area contributed by atoms with Crippen molar-refractivity contribution in [1.82, 2.24) is 29.5 Å². The van der Waals surface area contributed by atoms with Gasteiger partial charge in [0.2, 0.25) is 11.9 Å². The number of nitrogens with two attached hydrogens (primary N) is 3. The molecule has 2 unspecified atom stereocenters. The minimum Gasteiger partial charge on any atom is -0.382 e. The molecule has 0 saturated carbocycles. The fraction of sp³-hybridized carbons (Fsp3) is 0.444. The van der Waals surface area contributed by atoms with Gasteiger partial charge < -0.3 is 21.8 Å². The Hall–Kier alpha value is -3.50. The maximum Gasteiger partial charge on any atom is 0.278 e. The summed E-state index contributed by atoms with van der Waals surface area (Å²) in [5.41, 5.74) is 19.0. The van der Waals surface area contributed by atoms with Crippen LogP contribution < -0.4 is 22.8 Å². The van der Waals surface area contributed by atoms with Crippen LogP contribution >= 0.6 is 0 Å². The molecule has 0 fully saturated rings. The Morgan fingerprint density at radius 3 is 2.76 bits per heavy atom. The molecule has 7 N–H and O–H groups in total. The number of anilines is 3. The average molecular weight is 396 g/mol. The molecule has 152 valence electrons. The lowest BCUT2D eigenvalue weighted by Crippen LogP contribution is -2.25. The van der Waals surface area contributed by atoms with Crippen molar-refractivity contribution in [2.75, 3.05) is 17.2 Å². The van der Waals surface area contributed by atoms with Gasteiger partial charge in [0, 0.05) is 18.2 Å². The highest BCUT2D eigenvalue weighted by atomic mass is 16.1. The molecule has 0 radical (unpaired) electrons. The second-order valence-corrected chi connectivity index (χ2v) is 8.11. The van der Waals surface area contributed by atoms with E-state index in [0.717, 1.165) is 12.8 Å². The topological polar surface area (TPSA) is 180 Å². The van der Waals surface area contributed by atoms with Crippen LogP contribution in [0.3, 0.4) is 0 Å². The highest BCUT2D eigenvalue weighted by Crippen LogP contribution is 2.44. The Morgan fingerprint density at radius 2 is 2.00 bits per heavy atom. The molecule has 0 bridgehead atoms. The molecule has 1 aliphatic heterocycles. The van der Waals surface area contributed by atoms with Gasteiger partial charge in [-0.15, -0.1) is 0 Å². The lowest BCUT2D eigenvalue weighted by Gasteiger charge is -2.31. The van der Waals surface area contributed by atoms with Crippen molar-refractivity contribution in [2.45, 2.75) is 45.6 Å². The molecule has 1 aliphatic rings. The third kappa shape index (κ3) is 3.18. The predicted octanol–water partition coefficient (Wildman–Crippen LogP) is 1.52. The number of nitrogen functional groups attached to an aromatic ring is 3. The average Bonchev–Trinajstić information content (AvgIpc) is 3.24. The number of aromatic nitrogens is 6. The van der Waals surface area contributed by atoms with E-state index < -0.39 is 0 Å². The number of H-pyrrole nitrogens is 1. The molecule has 2 atom stereocenters. The summed E-state index contributed by atoms with van der Waals surface area (Å²) in [6, 6.07) is 0.1000. The first-order valence-electron chi connectivity index (χ1n) is 9.37. The maximum atomic E-state index is 12.1. The fourth-order valence-electron chi connectivity index (χ4n) is 3.79. The normalized spacial score (nSPS) is 17.0. The van der Waals surface area contributed by atoms with Crippen LogP contribution in [0, 0.1) is 5.41 Å².